The average molecular weight is 449 g/mol. The minimum absolute atomic E-state index is 0.438. The zero-order chi connectivity index (χ0) is 22.3. The number of halogens is 1. The molecule has 3 aromatic rings. The van der Waals surface area contributed by atoms with E-state index in [1.807, 2.05) is 36.4 Å². The van der Waals surface area contributed by atoms with Crippen molar-refractivity contribution in [3.63, 3.8) is 0 Å². The second kappa shape index (κ2) is 10.7. The lowest BCUT2D eigenvalue weighted by atomic mass is 10.0. The van der Waals surface area contributed by atoms with Crippen molar-refractivity contribution in [2.24, 2.45) is 0 Å². The first-order chi connectivity index (χ1) is 15.6. The summed E-state index contributed by atoms with van der Waals surface area (Å²) in [5, 5.41) is 3.55. The number of hydrogen-bond donors (Lipinski definition) is 1. The van der Waals surface area contributed by atoms with Gasteiger partial charge in [-0.2, -0.15) is 0 Å². The van der Waals surface area contributed by atoms with Crippen LogP contribution in [-0.4, -0.2) is 30.6 Å². The van der Waals surface area contributed by atoms with Crippen molar-refractivity contribution in [3.8, 4) is 16.9 Å². The molecule has 166 valence electrons. The molecule has 0 saturated carbocycles. The highest BCUT2D eigenvalue weighted by atomic mass is 35.5. The topological polar surface area (TPSA) is 41.6 Å². The molecular weight excluding hydrogens is 420 g/mol. The van der Waals surface area contributed by atoms with E-state index in [9.17, 15) is 4.79 Å². The fourth-order valence-corrected chi connectivity index (χ4v) is 4.21. The molecule has 4 rings (SSSR count). The Morgan fingerprint density at radius 1 is 0.969 bits per heavy atom. The Kier molecular flexibility index (Phi) is 7.46. The lowest BCUT2D eigenvalue weighted by Crippen LogP contribution is -2.28. The Labute approximate surface area is 195 Å². The van der Waals surface area contributed by atoms with Gasteiger partial charge >= 0.3 is 6.09 Å². The van der Waals surface area contributed by atoms with E-state index in [0.717, 1.165) is 24.1 Å². The van der Waals surface area contributed by atoms with Gasteiger partial charge in [-0.25, -0.2) is 4.79 Å². The summed E-state index contributed by atoms with van der Waals surface area (Å²) >= 11 is 5.94. The van der Waals surface area contributed by atoms with Crippen LogP contribution in [0.2, 0.25) is 5.02 Å². The van der Waals surface area contributed by atoms with Gasteiger partial charge in [-0.05, 0) is 91.4 Å². The normalized spacial score (nSPS) is 13.8. The Morgan fingerprint density at radius 3 is 2.28 bits per heavy atom. The van der Waals surface area contributed by atoms with Crippen molar-refractivity contribution in [3.05, 3.63) is 88.4 Å². The quantitative estimate of drug-likeness (QED) is 0.465. The predicted octanol–water partition coefficient (Wildman–Crippen LogP) is 6.24. The lowest BCUT2D eigenvalue weighted by Gasteiger charge is -2.17. The molecule has 1 aliphatic heterocycles. The summed E-state index contributed by atoms with van der Waals surface area (Å²) in [5.74, 6) is 0.516. The van der Waals surface area contributed by atoms with Crippen molar-refractivity contribution in [2.75, 3.05) is 19.6 Å². The highest BCUT2D eigenvalue weighted by Gasteiger charge is 2.13. The van der Waals surface area contributed by atoms with Crippen LogP contribution < -0.4 is 10.1 Å². The molecule has 0 unspecified atom stereocenters. The van der Waals surface area contributed by atoms with Crippen LogP contribution in [0.25, 0.3) is 11.1 Å². The van der Waals surface area contributed by atoms with Gasteiger partial charge in [0.15, 0.2) is 0 Å². The molecule has 1 heterocycles. The van der Waals surface area contributed by atoms with Crippen LogP contribution in [0.5, 0.6) is 5.75 Å². The van der Waals surface area contributed by atoms with Gasteiger partial charge in [0.05, 0.1) is 0 Å². The van der Waals surface area contributed by atoms with E-state index >= 15 is 0 Å². The molecule has 0 aromatic heterocycles. The smallest absolute Gasteiger partial charge is 0.410 e. The van der Waals surface area contributed by atoms with Crippen LogP contribution in [0.3, 0.4) is 0 Å². The molecule has 1 amide bonds. The fraction of sp³-hybridized carbons (Fsp3) is 0.296. The summed E-state index contributed by atoms with van der Waals surface area (Å²) in [6.45, 7) is 6.15. The van der Waals surface area contributed by atoms with Crippen molar-refractivity contribution >= 4 is 17.7 Å². The van der Waals surface area contributed by atoms with Crippen LogP contribution in [0.1, 0.15) is 29.5 Å². The largest absolute Gasteiger partial charge is 0.412 e. The van der Waals surface area contributed by atoms with Gasteiger partial charge in [0.2, 0.25) is 0 Å². The third-order valence-corrected chi connectivity index (χ3v) is 6.18. The molecule has 0 bridgehead atoms. The third-order valence-electron chi connectivity index (χ3n) is 5.93. The second-order valence-corrected chi connectivity index (χ2v) is 8.78. The average Bonchev–Trinajstić information content (AvgIpc) is 3.30. The van der Waals surface area contributed by atoms with E-state index in [4.69, 9.17) is 16.3 Å². The van der Waals surface area contributed by atoms with E-state index in [2.05, 4.69) is 35.3 Å². The number of rotatable bonds is 7. The Morgan fingerprint density at radius 2 is 1.62 bits per heavy atom. The number of amides is 1. The highest BCUT2D eigenvalue weighted by Crippen LogP contribution is 2.24. The van der Waals surface area contributed by atoms with Crippen molar-refractivity contribution in [1.29, 1.82) is 0 Å². The minimum Gasteiger partial charge on any atom is -0.410 e. The summed E-state index contributed by atoms with van der Waals surface area (Å²) in [6, 6.07) is 21.7. The first kappa shape index (κ1) is 22.4. The van der Waals surface area contributed by atoms with Crippen LogP contribution >= 0.6 is 11.6 Å². The lowest BCUT2D eigenvalue weighted by molar-refractivity contribution is 0.200. The molecule has 0 spiro atoms. The van der Waals surface area contributed by atoms with E-state index in [0.29, 0.717) is 17.3 Å². The van der Waals surface area contributed by atoms with Crippen LogP contribution in [0, 0.1) is 6.92 Å². The molecule has 4 nitrogen and oxygen atoms in total. The number of carbonyl (C=O) groups excluding carboxylic acids is 1. The molecule has 0 radical (unpaired) electrons. The van der Waals surface area contributed by atoms with Gasteiger partial charge in [-0.3, -0.25) is 4.90 Å². The van der Waals surface area contributed by atoms with E-state index in [-0.39, 0.29) is 0 Å². The summed E-state index contributed by atoms with van der Waals surface area (Å²) in [4.78, 5) is 14.7. The summed E-state index contributed by atoms with van der Waals surface area (Å²) in [6.07, 6.45) is 2.96. The number of hydrogen-bond acceptors (Lipinski definition) is 3. The van der Waals surface area contributed by atoms with Gasteiger partial charge in [-0.1, -0.05) is 54.1 Å². The Balaban J connectivity index is 1.23. The summed E-state index contributed by atoms with van der Waals surface area (Å²) in [5.41, 5.74) is 6.04. The molecule has 1 aliphatic rings. The Bertz CT molecular complexity index is 1040. The SMILES string of the molecule is Cc1cc(CCNC(=O)Oc2ccc(-c3ccc(Cl)cc3)cc2)ccc1CN1CCCC1. The van der Waals surface area contributed by atoms with E-state index in [1.165, 1.54) is 42.6 Å². The van der Waals surface area contributed by atoms with Crippen molar-refractivity contribution < 1.29 is 9.53 Å². The molecule has 1 N–H and O–H groups in total. The van der Waals surface area contributed by atoms with Gasteiger partial charge in [-0.15, -0.1) is 0 Å². The maximum absolute atomic E-state index is 12.2. The molecule has 5 heteroatoms. The highest BCUT2D eigenvalue weighted by molar-refractivity contribution is 6.30. The molecule has 32 heavy (non-hydrogen) atoms. The number of nitrogens with zero attached hydrogens (tertiary/aromatic N) is 1. The first-order valence-corrected chi connectivity index (χ1v) is 11.6. The Hall–Kier alpha value is -2.82. The van der Waals surface area contributed by atoms with Crippen molar-refractivity contribution in [1.82, 2.24) is 10.2 Å². The number of likely N-dealkylation sites (tertiary alicyclic amines) is 1. The number of aryl methyl sites for hydroxylation is 1. The number of carbonyl (C=O) groups is 1. The monoisotopic (exact) mass is 448 g/mol. The van der Waals surface area contributed by atoms with Gasteiger partial charge in [0.1, 0.15) is 5.75 Å². The van der Waals surface area contributed by atoms with Crippen LogP contribution in [0.4, 0.5) is 4.79 Å². The molecule has 1 fully saturated rings. The van der Waals surface area contributed by atoms with Crippen LogP contribution in [-0.2, 0) is 13.0 Å². The molecular formula is C27H29ClN2O2. The molecule has 1 saturated heterocycles. The molecule has 3 aromatic carbocycles. The molecule has 0 atom stereocenters. The minimum atomic E-state index is -0.438. The number of nitrogens with one attached hydrogen (secondary N) is 1. The van der Waals surface area contributed by atoms with E-state index < -0.39 is 6.09 Å². The standard InChI is InChI=1S/C27H29ClN2O2/c1-20-18-21(4-5-24(20)19-30-16-2-3-17-30)14-15-29-27(31)32-26-12-8-23(9-13-26)22-6-10-25(28)11-7-22/h4-13,18H,2-3,14-17,19H2,1H3,(H,29,31). The summed E-state index contributed by atoms with van der Waals surface area (Å²) in [7, 11) is 0. The van der Waals surface area contributed by atoms with Crippen molar-refractivity contribution in [2.45, 2.75) is 32.7 Å². The zero-order valence-electron chi connectivity index (χ0n) is 18.4. The maximum Gasteiger partial charge on any atom is 0.412 e. The maximum atomic E-state index is 12.2. The molecule has 0 aliphatic carbocycles. The second-order valence-electron chi connectivity index (χ2n) is 8.34. The first-order valence-electron chi connectivity index (χ1n) is 11.2. The van der Waals surface area contributed by atoms with Gasteiger partial charge in [0.25, 0.3) is 0 Å². The van der Waals surface area contributed by atoms with Gasteiger partial charge < -0.3 is 10.1 Å². The van der Waals surface area contributed by atoms with Crippen LogP contribution in [0.15, 0.2) is 66.7 Å². The fourth-order valence-electron chi connectivity index (χ4n) is 4.08. The number of ether oxygens (including phenoxy) is 1. The predicted molar refractivity (Wildman–Crippen MR) is 130 cm³/mol. The van der Waals surface area contributed by atoms with E-state index in [1.54, 1.807) is 12.1 Å². The number of benzene rings is 3. The zero-order valence-corrected chi connectivity index (χ0v) is 19.2. The van der Waals surface area contributed by atoms with Gasteiger partial charge in [0, 0.05) is 18.1 Å². The third kappa shape index (κ3) is 6.12. The summed E-state index contributed by atoms with van der Waals surface area (Å²) < 4.78 is 5.40.